The van der Waals surface area contributed by atoms with Gasteiger partial charge in [0, 0.05) is 0 Å². The van der Waals surface area contributed by atoms with Crippen LogP contribution in [0.15, 0.2) is 24.3 Å². The summed E-state index contributed by atoms with van der Waals surface area (Å²) in [5, 5.41) is 0. The first kappa shape index (κ1) is 11.3. The van der Waals surface area contributed by atoms with E-state index in [0.717, 1.165) is 12.1 Å². The molecule has 3 heteroatoms. The Morgan fingerprint density at radius 2 is 1.36 bits per heavy atom. The van der Waals surface area contributed by atoms with Gasteiger partial charge in [0.2, 0.25) is 0 Å². The predicted octanol–water partition coefficient (Wildman–Crippen LogP) is 4.06. The Bertz CT molecular complexity index is 134. The molecule has 0 N–H and O–H groups in total. The number of halogens is 2. The third-order valence-electron chi connectivity index (χ3n) is 1.30. The highest BCUT2D eigenvalue weighted by molar-refractivity contribution is 7.45. The lowest BCUT2D eigenvalue weighted by Crippen LogP contribution is -2.15. The molecule has 0 spiro atoms. The zero-order chi connectivity index (χ0) is 8.74. The van der Waals surface area contributed by atoms with Crippen LogP contribution in [0.3, 0.4) is 0 Å². The van der Waals surface area contributed by atoms with Gasteiger partial charge in [0.25, 0.3) is 6.69 Å². The van der Waals surface area contributed by atoms with Crippen molar-refractivity contribution in [3.05, 3.63) is 24.3 Å². The van der Waals surface area contributed by atoms with E-state index >= 15 is 0 Å². The SMILES string of the molecule is C/C=C/C[Si](Cl)(Cl)C/C=C/C. The van der Waals surface area contributed by atoms with Gasteiger partial charge in [0.05, 0.1) is 0 Å². The fourth-order valence-corrected chi connectivity index (χ4v) is 3.06. The van der Waals surface area contributed by atoms with E-state index in [0.29, 0.717) is 0 Å². The van der Waals surface area contributed by atoms with E-state index < -0.39 is 6.69 Å². The van der Waals surface area contributed by atoms with Crippen molar-refractivity contribution in [2.45, 2.75) is 25.9 Å². The molecule has 0 nitrogen and oxygen atoms in total. The minimum atomic E-state index is -1.97. The smallest absolute Gasteiger partial charge is 0.145 e. The van der Waals surface area contributed by atoms with Crippen molar-refractivity contribution in [1.29, 1.82) is 0 Å². The van der Waals surface area contributed by atoms with Gasteiger partial charge in [0.15, 0.2) is 0 Å². The maximum atomic E-state index is 6.10. The van der Waals surface area contributed by atoms with Crippen LogP contribution in [0.25, 0.3) is 0 Å². The summed E-state index contributed by atoms with van der Waals surface area (Å²) in [6.07, 6.45) is 8.05. The van der Waals surface area contributed by atoms with Crippen LogP contribution in [0.1, 0.15) is 13.8 Å². The van der Waals surface area contributed by atoms with Crippen molar-refractivity contribution in [1.82, 2.24) is 0 Å². The maximum absolute atomic E-state index is 6.10. The summed E-state index contributed by atoms with van der Waals surface area (Å²) in [4.78, 5) is 0. The third kappa shape index (κ3) is 6.67. The minimum absolute atomic E-state index is 0.844. The molecular weight excluding hydrogens is 195 g/mol. The Balaban J connectivity index is 3.78. The second kappa shape index (κ2) is 5.87. The molecule has 11 heavy (non-hydrogen) atoms. The van der Waals surface area contributed by atoms with Gasteiger partial charge in [-0.25, -0.2) is 0 Å². The molecule has 0 rings (SSSR count). The molecule has 0 aromatic carbocycles. The first-order valence-electron chi connectivity index (χ1n) is 3.72. The highest BCUT2D eigenvalue weighted by Crippen LogP contribution is 2.26. The molecule has 0 heterocycles. The van der Waals surface area contributed by atoms with Crippen LogP contribution < -0.4 is 0 Å². The van der Waals surface area contributed by atoms with Gasteiger partial charge in [0.1, 0.15) is 0 Å². The second-order valence-electron chi connectivity index (χ2n) is 2.40. The average Bonchev–Trinajstić information content (AvgIpc) is 1.97. The highest BCUT2D eigenvalue weighted by atomic mass is 35.7. The van der Waals surface area contributed by atoms with Gasteiger partial charge in [-0.2, -0.15) is 0 Å². The van der Waals surface area contributed by atoms with Crippen LogP contribution in [-0.4, -0.2) is 6.69 Å². The summed E-state index contributed by atoms with van der Waals surface area (Å²) in [5.74, 6) is 0. The Kier molecular flexibility index (Phi) is 6.02. The standard InChI is InChI=1S/C8H14Cl2Si/c1-3-5-7-11(9,10)8-6-4-2/h3-6H,7-8H2,1-2H3/b5-3+,6-4+. The lowest BCUT2D eigenvalue weighted by molar-refractivity contribution is 1.50. The molecule has 0 aromatic heterocycles. The first-order chi connectivity index (χ1) is 5.12. The summed E-state index contributed by atoms with van der Waals surface area (Å²) in [7, 11) is 0. The van der Waals surface area contributed by atoms with Crippen molar-refractivity contribution < 1.29 is 0 Å². The van der Waals surface area contributed by atoms with Crippen LogP contribution in [0.4, 0.5) is 0 Å². The summed E-state index contributed by atoms with van der Waals surface area (Å²) in [6, 6.07) is 1.69. The Morgan fingerprint density at radius 3 is 1.64 bits per heavy atom. The molecule has 0 bridgehead atoms. The number of hydrogen-bond acceptors (Lipinski definition) is 0. The molecule has 0 unspecified atom stereocenters. The monoisotopic (exact) mass is 208 g/mol. The molecule has 0 fully saturated rings. The Hall–Kier alpha value is 0.277. The number of rotatable bonds is 4. The van der Waals surface area contributed by atoms with Crippen LogP contribution in [0.5, 0.6) is 0 Å². The molecule has 0 aromatic rings. The van der Waals surface area contributed by atoms with E-state index in [2.05, 4.69) is 0 Å². The molecule has 0 saturated carbocycles. The molecule has 0 radical (unpaired) electrons. The molecule has 64 valence electrons. The maximum Gasteiger partial charge on any atom is 0.258 e. The summed E-state index contributed by atoms with van der Waals surface area (Å²) >= 11 is 12.2. The summed E-state index contributed by atoms with van der Waals surface area (Å²) in [6.45, 7) is 1.99. The summed E-state index contributed by atoms with van der Waals surface area (Å²) in [5.41, 5.74) is 0. The van der Waals surface area contributed by atoms with Gasteiger partial charge in [-0.1, -0.05) is 24.3 Å². The molecule has 0 amide bonds. The fraction of sp³-hybridized carbons (Fsp3) is 0.500. The van der Waals surface area contributed by atoms with E-state index in [-0.39, 0.29) is 0 Å². The molecule has 0 atom stereocenters. The van der Waals surface area contributed by atoms with Crippen LogP contribution in [0, 0.1) is 0 Å². The van der Waals surface area contributed by atoms with Crippen molar-refractivity contribution in [3.63, 3.8) is 0 Å². The molecule has 0 aliphatic heterocycles. The zero-order valence-electron chi connectivity index (χ0n) is 6.98. The van der Waals surface area contributed by atoms with Crippen LogP contribution in [0.2, 0.25) is 12.1 Å². The fourth-order valence-electron chi connectivity index (χ4n) is 0.664. The molecule has 0 saturated heterocycles. The van der Waals surface area contributed by atoms with Crippen molar-refractivity contribution in [2.75, 3.05) is 0 Å². The Morgan fingerprint density at radius 1 is 1.00 bits per heavy atom. The first-order valence-corrected chi connectivity index (χ1v) is 8.16. The van der Waals surface area contributed by atoms with E-state index in [1.54, 1.807) is 0 Å². The van der Waals surface area contributed by atoms with E-state index in [9.17, 15) is 0 Å². The number of allylic oxidation sites excluding steroid dienone is 4. The van der Waals surface area contributed by atoms with Crippen molar-refractivity contribution >= 4 is 28.9 Å². The van der Waals surface area contributed by atoms with Gasteiger partial charge in [-0.3, -0.25) is 0 Å². The van der Waals surface area contributed by atoms with E-state index in [4.69, 9.17) is 22.2 Å². The second-order valence-corrected chi connectivity index (χ2v) is 9.85. The van der Waals surface area contributed by atoms with E-state index in [1.165, 1.54) is 0 Å². The topological polar surface area (TPSA) is 0 Å². The zero-order valence-corrected chi connectivity index (χ0v) is 9.49. The van der Waals surface area contributed by atoms with Gasteiger partial charge in [-0.15, -0.1) is 22.2 Å². The highest BCUT2D eigenvalue weighted by Gasteiger charge is 2.24. The van der Waals surface area contributed by atoms with Gasteiger partial charge < -0.3 is 0 Å². The van der Waals surface area contributed by atoms with Crippen molar-refractivity contribution in [2.24, 2.45) is 0 Å². The Labute approximate surface area is 79.3 Å². The largest absolute Gasteiger partial charge is 0.258 e. The van der Waals surface area contributed by atoms with Gasteiger partial charge in [-0.05, 0) is 25.9 Å². The number of hydrogen-bond donors (Lipinski definition) is 0. The molecular formula is C8H14Cl2Si. The summed E-state index contributed by atoms with van der Waals surface area (Å²) < 4.78 is 0. The lowest BCUT2D eigenvalue weighted by atomic mass is 10.6. The average molecular weight is 209 g/mol. The minimum Gasteiger partial charge on any atom is -0.145 e. The van der Waals surface area contributed by atoms with Crippen LogP contribution in [-0.2, 0) is 0 Å². The van der Waals surface area contributed by atoms with Crippen molar-refractivity contribution in [3.8, 4) is 0 Å². The lowest BCUT2D eigenvalue weighted by Gasteiger charge is -2.10. The third-order valence-corrected chi connectivity index (χ3v) is 4.82. The normalized spacial score (nSPS) is 13.5. The quantitative estimate of drug-likeness (QED) is 0.372. The van der Waals surface area contributed by atoms with Gasteiger partial charge >= 0.3 is 0 Å². The van der Waals surface area contributed by atoms with E-state index in [1.807, 2.05) is 38.2 Å². The van der Waals surface area contributed by atoms with Crippen LogP contribution >= 0.6 is 22.2 Å². The molecule has 0 aliphatic rings. The predicted molar refractivity (Wildman–Crippen MR) is 56.7 cm³/mol. The molecule has 0 aliphatic carbocycles.